The molecule has 42 heavy (non-hydrogen) atoms. The molecular weight excluding hydrogens is 605 g/mol. The van der Waals surface area contributed by atoms with Crippen LogP contribution in [0.2, 0.25) is 0 Å². The molecule has 2 saturated heterocycles. The van der Waals surface area contributed by atoms with Gasteiger partial charge < -0.3 is 35.3 Å². The number of nitrogens with zero attached hydrogens (tertiary/aromatic N) is 8. The van der Waals surface area contributed by atoms with Crippen molar-refractivity contribution in [1.82, 2.24) is 39.0 Å². The van der Waals surface area contributed by atoms with E-state index in [2.05, 4.69) is 29.9 Å². The number of phosphoric acid groups is 1. The van der Waals surface area contributed by atoms with Gasteiger partial charge in [-0.3, -0.25) is 22.7 Å². The van der Waals surface area contributed by atoms with Crippen molar-refractivity contribution in [3.63, 3.8) is 0 Å². The topological polar surface area (TPSA) is 260 Å². The summed E-state index contributed by atoms with van der Waals surface area (Å²) >= 11 is 0. The van der Waals surface area contributed by atoms with Crippen LogP contribution in [-0.2, 0) is 32.2 Å². The van der Waals surface area contributed by atoms with E-state index in [9.17, 15) is 18.4 Å². The molecule has 6 heterocycles. The predicted octanol–water partition coefficient (Wildman–Crippen LogP) is 0.645. The van der Waals surface area contributed by atoms with Gasteiger partial charge in [-0.05, 0) is 0 Å². The number of hydrogen-bond donors (Lipinski definition) is 4. The van der Waals surface area contributed by atoms with Crippen molar-refractivity contribution in [2.75, 3.05) is 24.7 Å². The number of hydrogen-bond acceptors (Lipinski definition) is 15. The van der Waals surface area contributed by atoms with Gasteiger partial charge in [0.05, 0.1) is 25.9 Å². The molecule has 22 heteroatoms. The highest BCUT2D eigenvalue weighted by molar-refractivity contribution is 7.47. The van der Waals surface area contributed by atoms with Crippen LogP contribution in [0.25, 0.3) is 22.3 Å². The fourth-order valence-electron chi connectivity index (χ4n) is 4.83. The van der Waals surface area contributed by atoms with E-state index in [-0.39, 0.29) is 24.5 Å². The largest absolute Gasteiger partial charge is 0.472 e. The van der Waals surface area contributed by atoms with Crippen LogP contribution in [-0.4, -0.2) is 86.5 Å². The summed E-state index contributed by atoms with van der Waals surface area (Å²) in [4.78, 5) is 43.9. The first-order valence-electron chi connectivity index (χ1n) is 12.4. The minimum atomic E-state index is -4.83. The number of phosphoric ester groups is 1. The highest BCUT2D eigenvalue weighted by Gasteiger charge is 2.44. The maximum absolute atomic E-state index is 14.9. The normalized spacial score (nSPS) is 28.5. The van der Waals surface area contributed by atoms with Crippen LogP contribution in [0.1, 0.15) is 25.3 Å². The van der Waals surface area contributed by atoms with Gasteiger partial charge in [0.1, 0.15) is 60.6 Å². The van der Waals surface area contributed by atoms with Crippen LogP contribution < -0.4 is 11.5 Å². The lowest BCUT2D eigenvalue weighted by molar-refractivity contribution is -0.0482. The van der Waals surface area contributed by atoms with E-state index in [0.29, 0.717) is 22.3 Å². The second kappa shape index (κ2) is 11.5. The summed E-state index contributed by atoms with van der Waals surface area (Å²) < 4.78 is 68.9. The third-order valence-electron chi connectivity index (χ3n) is 6.78. The average molecular weight is 630 g/mol. The lowest BCUT2D eigenvalue weighted by Gasteiger charge is -2.22. The number of ether oxygens (including phenoxy) is 2. The quantitative estimate of drug-likeness (QED) is 0.175. The van der Waals surface area contributed by atoms with Crippen LogP contribution in [0.3, 0.4) is 0 Å². The summed E-state index contributed by atoms with van der Waals surface area (Å²) in [5.74, 6) is 0.288. The zero-order valence-corrected chi connectivity index (χ0v) is 23.3. The minimum absolute atomic E-state index is 0.0317. The maximum Gasteiger partial charge on any atom is 0.472 e. The Hall–Kier alpha value is -3.19. The Morgan fingerprint density at radius 3 is 2.12 bits per heavy atom. The average Bonchev–Trinajstić information content (AvgIpc) is 3.72. The number of nitrogen functional groups attached to an aromatic ring is 2. The number of alkyl halides is 1. The molecule has 0 radical (unpaired) electrons. The fourth-order valence-corrected chi connectivity index (χ4v) is 6.09. The van der Waals surface area contributed by atoms with E-state index in [0.717, 1.165) is 0 Å². The van der Waals surface area contributed by atoms with Crippen LogP contribution in [0.4, 0.5) is 16.0 Å². The van der Waals surface area contributed by atoms with Gasteiger partial charge in [0.25, 0.3) is 0 Å². The smallest absolute Gasteiger partial charge is 0.382 e. The molecule has 4 aromatic rings. The Bertz CT molecular complexity index is 1680. The van der Waals surface area contributed by atoms with Gasteiger partial charge in [-0.2, -0.15) is 0 Å². The van der Waals surface area contributed by atoms with Crippen molar-refractivity contribution in [2.24, 2.45) is 0 Å². The highest BCUT2D eigenvalue weighted by atomic mass is 31.2. The summed E-state index contributed by atoms with van der Waals surface area (Å²) in [6, 6.07) is 0. The predicted molar refractivity (Wildman–Crippen MR) is 139 cm³/mol. The first-order valence-corrected chi connectivity index (χ1v) is 15.2. The molecule has 0 aliphatic carbocycles. The van der Waals surface area contributed by atoms with Gasteiger partial charge in [-0.15, -0.1) is 0 Å². The summed E-state index contributed by atoms with van der Waals surface area (Å²) in [5.41, 5.74) is 12.9. The number of rotatable bonds is 10. The van der Waals surface area contributed by atoms with E-state index in [1.807, 2.05) is 0 Å². The highest BCUT2D eigenvalue weighted by Crippen LogP contribution is 2.49. The maximum atomic E-state index is 14.9. The molecular formula is C20H25FN10O9P2. The monoisotopic (exact) mass is 630 g/mol. The van der Waals surface area contributed by atoms with E-state index >= 15 is 0 Å². The van der Waals surface area contributed by atoms with Crippen LogP contribution in [0, 0.1) is 0 Å². The third kappa shape index (κ3) is 5.72. The van der Waals surface area contributed by atoms with Crippen molar-refractivity contribution in [3.05, 3.63) is 25.3 Å². The van der Waals surface area contributed by atoms with Gasteiger partial charge in [-0.1, -0.05) is 0 Å². The zero-order chi connectivity index (χ0) is 29.6. The first-order chi connectivity index (χ1) is 20.1. The molecule has 2 unspecified atom stereocenters. The van der Waals surface area contributed by atoms with Gasteiger partial charge in [-0.25, -0.2) is 38.9 Å². The molecule has 6 rings (SSSR count). The summed E-state index contributed by atoms with van der Waals surface area (Å²) in [5, 5.41) is 0. The van der Waals surface area contributed by atoms with E-state index in [4.69, 9.17) is 39.4 Å². The first kappa shape index (κ1) is 28.9. The Balaban J connectivity index is 1.12. The van der Waals surface area contributed by atoms with Gasteiger partial charge >= 0.3 is 16.1 Å². The van der Waals surface area contributed by atoms with E-state index in [1.54, 1.807) is 0 Å². The summed E-state index contributed by atoms with van der Waals surface area (Å²) in [6.07, 6.45) is -1.54. The molecule has 2 fully saturated rings. The molecule has 0 amide bonds. The summed E-state index contributed by atoms with van der Waals surface area (Å²) in [6.45, 7) is -1.06. The molecule has 0 saturated carbocycles. The molecule has 8 atom stereocenters. The molecule has 19 nitrogen and oxygen atoms in total. The fraction of sp³-hybridized carbons (Fsp3) is 0.500. The number of imidazole rings is 2. The number of nitrogens with two attached hydrogens (primary N) is 2. The van der Waals surface area contributed by atoms with Crippen LogP contribution >= 0.6 is 16.1 Å². The molecule has 0 bridgehead atoms. The molecule has 2 aliphatic heterocycles. The SMILES string of the molecule is Nc1ncnc2c1ncn2[C@H]1C[C@H](OP(=O)(O)OC[C@H]2O[C@@H](n3cnc4c(N)ncnc43)C[C@@H]2F)[C@@H](CO[PH](=O)O)O1. The Morgan fingerprint density at radius 2 is 1.52 bits per heavy atom. The van der Waals surface area contributed by atoms with Crippen LogP contribution in [0.5, 0.6) is 0 Å². The number of fused-ring (bicyclic) bond motifs is 2. The lowest BCUT2D eigenvalue weighted by atomic mass is 10.2. The summed E-state index contributed by atoms with van der Waals surface area (Å²) in [7, 11) is -8.18. The molecule has 4 aromatic heterocycles. The van der Waals surface area contributed by atoms with Gasteiger partial charge in [0, 0.05) is 12.8 Å². The second-order valence-corrected chi connectivity index (χ2v) is 11.6. The standard InChI is InChI=1S/C20H25FN10O9P2/c21-9-1-13(30-7-28-15-17(22)24-5-26-19(15)30)38-11(9)4-37-42(34,35)40-10-2-14(39-12(10)3-36-41(32)33)31-8-29-16-18(23)25-6-27-20(16)31/h5-14,41H,1-4H2,(H,32,33)(H,34,35)(H2,22,24,26)(H2,23,25,27)/t9-,10-,11+,12+,13+,14+/m0/s1. The van der Waals surface area contributed by atoms with Crippen molar-refractivity contribution >= 4 is 50.0 Å². The van der Waals surface area contributed by atoms with Crippen molar-refractivity contribution in [3.8, 4) is 0 Å². The Labute approximate surface area is 235 Å². The number of halogens is 1. The Kier molecular flexibility index (Phi) is 7.90. The molecule has 2 aliphatic rings. The molecule has 6 N–H and O–H groups in total. The minimum Gasteiger partial charge on any atom is -0.382 e. The lowest BCUT2D eigenvalue weighted by Crippen LogP contribution is -2.29. The molecule has 226 valence electrons. The van der Waals surface area contributed by atoms with Crippen molar-refractivity contribution in [2.45, 2.75) is 49.8 Å². The van der Waals surface area contributed by atoms with Gasteiger partial charge in [0.2, 0.25) is 0 Å². The van der Waals surface area contributed by atoms with Crippen molar-refractivity contribution < 1.29 is 46.4 Å². The van der Waals surface area contributed by atoms with Crippen LogP contribution in [0.15, 0.2) is 25.3 Å². The molecule has 0 spiro atoms. The number of aromatic nitrogens is 8. The zero-order valence-electron chi connectivity index (χ0n) is 21.4. The van der Waals surface area contributed by atoms with E-state index in [1.165, 1.54) is 34.4 Å². The van der Waals surface area contributed by atoms with E-state index < -0.39 is 66.2 Å². The van der Waals surface area contributed by atoms with Crippen molar-refractivity contribution in [1.29, 1.82) is 0 Å². The second-order valence-electron chi connectivity index (χ2n) is 9.40. The number of anilines is 2. The third-order valence-corrected chi connectivity index (χ3v) is 8.21. The Morgan fingerprint density at radius 1 is 0.952 bits per heavy atom. The van der Waals surface area contributed by atoms with Gasteiger partial charge in [0.15, 0.2) is 22.9 Å². The molecule has 0 aromatic carbocycles.